The van der Waals surface area contributed by atoms with Gasteiger partial charge in [0.05, 0.1) is 0 Å². The van der Waals surface area contributed by atoms with E-state index in [1.807, 2.05) is 31.1 Å². The number of aromatic nitrogens is 2. The Bertz CT molecular complexity index is 464. The van der Waals surface area contributed by atoms with Crippen molar-refractivity contribution in [2.45, 2.75) is 0 Å². The largest absolute Gasteiger partial charge is 0.361 e. The highest BCUT2D eigenvalue weighted by Gasteiger charge is 2.08. The standard InChI is InChI=1S/C12H15ClN4/c1-5-9(6-7-14-2)10-8-11(17(3)4)15-16-12(10)13/h5-8H,1H2,2-4H3/b9-6+,14-7?. The summed E-state index contributed by atoms with van der Waals surface area (Å²) in [4.78, 5) is 5.76. The molecule has 0 aliphatic heterocycles. The van der Waals surface area contributed by atoms with E-state index in [4.69, 9.17) is 11.6 Å². The molecule has 0 aromatic carbocycles. The summed E-state index contributed by atoms with van der Waals surface area (Å²) >= 11 is 6.03. The fourth-order valence-electron chi connectivity index (χ4n) is 1.21. The van der Waals surface area contributed by atoms with E-state index in [2.05, 4.69) is 21.8 Å². The van der Waals surface area contributed by atoms with E-state index < -0.39 is 0 Å². The topological polar surface area (TPSA) is 41.4 Å². The molecule has 0 spiro atoms. The first kappa shape index (κ1) is 13.4. The summed E-state index contributed by atoms with van der Waals surface area (Å²) in [6, 6.07) is 1.87. The van der Waals surface area contributed by atoms with E-state index in [1.165, 1.54) is 0 Å². The smallest absolute Gasteiger partial charge is 0.159 e. The number of anilines is 1. The summed E-state index contributed by atoms with van der Waals surface area (Å²) in [5.41, 5.74) is 1.65. The fourth-order valence-corrected chi connectivity index (χ4v) is 1.41. The quantitative estimate of drug-likeness (QED) is 0.609. The average molecular weight is 251 g/mol. The first-order valence-electron chi connectivity index (χ1n) is 5.06. The van der Waals surface area contributed by atoms with Gasteiger partial charge in [-0.25, -0.2) is 0 Å². The Morgan fingerprint density at radius 1 is 1.47 bits per heavy atom. The van der Waals surface area contributed by atoms with Crippen molar-refractivity contribution >= 4 is 29.2 Å². The highest BCUT2D eigenvalue weighted by molar-refractivity contribution is 6.31. The monoisotopic (exact) mass is 250 g/mol. The van der Waals surface area contributed by atoms with Gasteiger partial charge in [-0.2, -0.15) is 0 Å². The lowest BCUT2D eigenvalue weighted by atomic mass is 10.1. The first-order chi connectivity index (χ1) is 8.10. The van der Waals surface area contributed by atoms with Crippen LogP contribution < -0.4 is 4.90 Å². The molecule has 1 aromatic rings. The number of aliphatic imine (C=N–C) groups is 1. The molecule has 1 heterocycles. The van der Waals surface area contributed by atoms with Crippen LogP contribution in [0.25, 0.3) is 5.57 Å². The summed E-state index contributed by atoms with van der Waals surface area (Å²) in [6.45, 7) is 3.76. The third-order valence-electron chi connectivity index (χ3n) is 2.13. The van der Waals surface area contributed by atoms with Gasteiger partial charge in [-0.05, 0) is 17.7 Å². The van der Waals surface area contributed by atoms with E-state index in [9.17, 15) is 0 Å². The number of rotatable bonds is 4. The van der Waals surface area contributed by atoms with Gasteiger partial charge in [-0.15, -0.1) is 10.2 Å². The van der Waals surface area contributed by atoms with Crippen LogP contribution in [0.2, 0.25) is 5.15 Å². The molecule has 0 N–H and O–H groups in total. The van der Waals surface area contributed by atoms with Crippen LogP contribution in [0.1, 0.15) is 5.56 Å². The molecule has 0 amide bonds. The molecule has 0 fully saturated rings. The lowest BCUT2D eigenvalue weighted by molar-refractivity contribution is 0.961. The van der Waals surface area contributed by atoms with Gasteiger partial charge < -0.3 is 4.90 Å². The number of nitrogens with zero attached hydrogens (tertiary/aromatic N) is 4. The Morgan fingerprint density at radius 3 is 2.71 bits per heavy atom. The van der Waals surface area contributed by atoms with Gasteiger partial charge in [-0.3, -0.25) is 4.99 Å². The minimum Gasteiger partial charge on any atom is -0.361 e. The third-order valence-corrected chi connectivity index (χ3v) is 2.41. The van der Waals surface area contributed by atoms with Crippen molar-refractivity contribution in [3.63, 3.8) is 0 Å². The van der Waals surface area contributed by atoms with Gasteiger partial charge in [0.2, 0.25) is 0 Å². The van der Waals surface area contributed by atoms with Crippen LogP contribution in [0.5, 0.6) is 0 Å². The van der Waals surface area contributed by atoms with Crippen molar-refractivity contribution in [2.24, 2.45) is 4.99 Å². The van der Waals surface area contributed by atoms with Crippen LogP contribution in [0.4, 0.5) is 5.82 Å². The molecule has 0 bridgehead atoms. The van der Waals surface area contributed by atoms with Crippen molar-refractivity contribution in [3.8, 4) is 0 Å². The number of hydrogen-bond donors (Lipinski definition) is 0. The van der Waals surface area contributed by atoms with E-state index in [-0.39, 0.29) is 0 Å². The highest BCUT2D eigenvalue weighted by atomic mass is 35.5. The Hall–Kier alpha value is -1.68. The average Bonchev–Trinajstić information content (AvgIpc) is 2.31. The number of halogens is 1. The molecule has 0 radical (unpaired) electrons. The van der Waals surface area contributed by atoms with Crippen LogP contribution in [-0.2, 0) is 0 Å². The van der Waals surface area contributed by atoms with E-state index in [0.29, 0.717) is 5.15 Å². The molecule has 4 nitrogen and oxygen atoms in total. The van der Waals surface area contributed by atoms with Gasteiger partial charge in [0.15, 0.2) is 11.0 Å². The molecule has 0 unspecified atom stereocenters. The van der Waals surface area contributed by atoms with Crippen LogP contribution in [0.3, 0.4) is 0 Å². The molecule has 1 aromatic heterocycles. The molecule has 0 aliphatic carbocycles. The van der Waals surface area contributed by atoms with Gasteiger partial charge in [-0.1, -0.05) is 24.3 Å². The second-order valence-corrected chi connectivity index (χ2v) is 3.89. The lowest BCUT2D eigenvalue weighted by Crippen LogP contribution is -2.12. The molecule has 1 rings (SSSR count). The summed E-state index contributed by atoms with van der Waals surface area (Å²) in [5, 5.41) is 8.26. The predicted molar refractivity (Wildman–Crippen MR) is 74.0 cm³/mol. The molecule has 17 heavy (non-hydrogen) atoms. The van der Waals surface area contributed by atoms with Crippen molar-refractivity contribution in [2.75, 3.05) is 26.0 Å². The Labute approximate surface area is 106 Å². The highest BCUT2D eigenvalue weighted by Crippen LogP contribution is 2.24. The SMILES string of the molecule is C=C/C(=C\C=NC)c1cc(N(C)C)nnc1Cl. The fraction of sp³-hybridized carbons (Fsp3) is 0.250. The zero-order valence-electron chi connectivity index (χ0n) is 10.2. The summed E-state index contributed by atoms with van der Waals surface area (Å²) in [6.07, 6.45) is 5.22. The maximum atomic E-state index is 6.03. The van der Waals surface area contributed by atoms with Crippen LogP contribution >= 0.6 is 11.6 Å². The maximum Gasteiger partial charge on any atom is 0.159 e. The van der Waals surface area contributed by atoms with Crippen LogP contribution in [0.15, 0.2) is 29.8 Å². The second kappa shape index (κ2) is 6.15. The van der Waals surface area contributed by atoms with Gasteiger partial charge in [0.25, 0.3) is 0 Å². The second-order valence-electron chi connectivity index (χ2n) is 3.53. The van der Waals surface area contributed by atoms with Gasteiger partial charge in [0, 0.05) is 32.9 Å². The predicted octanol–water partition coefficient (Wildman–Crippen LogP) is 2.47. The maximum absolute atomic E-state index is 6.03. The summed E-state index contributed by atoms with van der Waals surface area (Å²) in [5.74, 6) is 0.741. The zero-order valence-corrected chi connectivity index (χ0v) is 10.9. The van der Waals surface area contributed by atoms with Crippen molar-refractivity contribution in [3.05, 3.63) is 35.5 Å². The summed E-state index contributed by atoms with van der Waals surface area (Å²) < 4.78 is 0. The van der Waals surface area contributed by atoms with E-state index >= 15 is 0 Å². The molecule has 90 valence electrons. The number of hydrogen-bond acceptors (Lipinski definition) is 4. The normalized spacial score (nSPS) is 11.9. The minimum absolute atomic E-state index is 0.353. The molecule has 0 atom stereocenters. The Kier molecular flexibility index (Phi) is 4.84. The Balaban J connectivity index is 3.27. The van der Waals surface area contributed by atoms with Crippen molar-refractivity contribution in [1.82, 2.24) is 10.2 Å². The van der Waals surface area contributed by atoms with Crippen LogP contribution in [0, 0.1) is 0 Å². The minimum atomic E-state index is 0.353. The Morgan fingerprint density at radius 2 is 2.18 bits per heavy atom. The zero-order chi connectivity index (χ0) is 12.8. The van der Waals surface area contributed by atoms with E-state index in [1.54, 1.807) is 19.3 Å². The molecule has 5 heteroatoms. The van der Waals surface area contributed by atoms with Crippen LogP contribution in [-0.4, -0.2) is 37.6 Å². The van der Waals surface area contributed by atoms with E-state index in [0.717, 1.165) is 17.0 Å². The molecular formula is C12H15ClN4. The molecule has 0 saturated carbocycles. The molecule has 0 aliphatic rings. The van der Waals surface area contributed by atoms with Crippen molar-refractivity contribution in [1.29, 1.82) is 0 Å². The summed E-state index contributed by atoms with van der Waals surface area (Å²) in [7, 11) is 5.49. The first-order valence-corrected chi connectivity index (χ1v) is 5.43. The molecular weight excluding hydrogens is 236 g/mol. The lowest BCUT2D eigenvalue weighted by Gasteiger charge is -2.12. The van der Waals surface area contributed by atoms with Gasteiger partial charge >= 0.3 is 0 Å². The van der Waals surface area contributed by atoms with Gasteiger partial charge in [0.1, 0.15) is 0 Å². The number of allylic oxidation sites excluding steroid dienone is 3. The third kappa shape index (κ3) is 3.39. The molecule has 0 saturated heterocycles. The van der Waals surface area contributed by atoms with Crippen molar-refractivity contribution < 1.29 is 0 Å².